The molecule has 0 aromatic heterocycles. The zero-order valence-electron chi connectivity index (χ0n) is 10.2. The zero-order chi connectivity index (χ0) is 11.2. The van der Waals surface area contributed by atoms with Crippen molar-refractivity contribution in [1.82, 2.24) is 0 Å². The molecule has 1 aliphatic rings. The average molecular weight is 200 g/mol. The summed E-state index contributed by atoms with van der Waals surface area (Å²) in [5.74, 6) is -0.00463. The molecule has 0 amide bonds. The molecule has 0 spiro atoms. The molecule has 1 fully saturated rings. The van der Waals surface area contributed by atoms with E-state index in [1.165, 1.54) is 12.8 Å². The molecule has 0 saturated heterocycles. The van der Waals surface area contributed by atoms with Crippen LogP contribution in [0.3, 0.4) is 0 Å². The van der Waals surface area contributed by atoms with Gasteiger partial charge in [0.2, 0.25) is 0 Å². The van der Waals surface area contributed by atoms with E-state index < -0.39 is 0 Å². The van der Waals surface area contributed by atoms with Crippen LogP contribution >= 0.6 is 0 Å². The summed E-state index contributed by atoms with van der Waals surface area (Å²) < 4.78 is 5.20. The van der Waals surface area contributed by atoms with Crippen LogP contribution in [0, 0.1) is 5.41 Å². The zero-order valence-corrected chi connectivity index (χ0v) is 10.2. The predicted octanol–water partition coefficient (Wildman–Crippen LogP) is 3.54. The molecule has 0 heterocycles. The van der Waals surface area contributed by atoms with E-state index in [0.717, 1.165) is 12.8 Å². The summed E-state index contributed by atoms with van der Waals surface area (Å²) in [6.45, 7) is 9.82. The molecule has 84 valence electrons. The Bertz CT molecular complexity index is 167. The summed E-state index contributed by atoms with van der Waals surface area (Å²) in [6.07, 6.45) is 4.36. The maximum Gasteiger partial charge on any atom is 0.312 e. The Labute approximate surface area is 88.0 Å². The number of rotatable bonds is 2. The first-order valence-corrected chi connectivity index (χ1v) is 5.76. The molecule has 14 heavy (non-hydrogen) atoms. The molecule has 0 radical (unpaired) electrons. The molecule has 0 unspecified atom stereocenters. The Morgan fingerprint density at radius 1 is 1.21 bits per heavy atom. The van der Waals surface area contributed by atoms with E-state index in [1.54, 1.807) is 0 Å². The monoisotopic (exact) mass is 200 g/mol. The van der Waals surface area contributed by atoms with Crippen molar-refractivity contribution in [3.8, 4) is 0 Å². The van der Waals surface area contributed by atoms with E-state index in [0.29, 0.717) is 0 Å². The summed E-state index contributed by atoms with van der Waals surface area (Å²) in [6, 6.07) is 0. The van der Waals surface area contributed by atoms with Gasteiger partial charge in [-0.1, -0.05) is 26.7 Å². The summed E-state index contributed by atoms with van der Waals surface area (Å²) in [4.78, 5) is 11.6. The maximum absolute atomic E-state index is 11.6. The number of carbonyl (C=O) groups is 1. The third-order valence-electron chi connectivity index (χ3n) is 2.54. The minimum atomic E-state index is -0.176. The first-order valence-electron chi connectivity index (χ1n) is 5.76. The number of esters is 1. The summed E-state index contributed by atoms with van der Waals surface area (Å²) >= 11 is 0. The fourth-order valence-corrected chi connectivity index (χ4v) is 1.72. The number of hydrogen-bond donors (Lipinski definition) is 0. The minimum absolute atomic E-state index is 0.00463. The van der Waals surface area contributed by atoms with Gasteiger partial charge in [-0.15, -0.1) is 0 Å². The first-order chi connectivity index (χ1) is 6.54. The molecule has 2 heteroatoms. The van der Waals surface area contributed by atoms with Gasteiger partial charge in [-0.05, 0) is 33.6 Å². The van der Waals surface area contributed by atoms with E-state index >= 15 is 0 Å². The molecule has 1 saturated carbocycles. The van der Waals surface area contributed by atoms with Crippen molar-refractivity contribution < 1.29 is 9.53 Å². The highest BCUT2D eigenvalue weighted by atomic mass is 16.5. The molecule has 0 aromatic carbocycles. The van der Waals surface area contributed by atoms with Crippen LogP contribution in [-0.2, 0) is 9.53 Å². The lowest BCUT2D eigenvalue weighted by molar-refractivity contribution is -0.158. The lowest BCUT2D eigenvalue weighted by Crippen LogP contribution is -2.28. The smallest absolute Gasteiger partial charge is 0.312 e. The van der Waals surface area contributed by atoms with Crippen molar-refractivity contribution in [3.05, 3.63) is 0 Å². The molecule has 2 nitrogen and oxygen atoms in total. The lowest BCUT2D eigenvalue weighted by atomic mass is 9.89. The molecule has 0 bridgehead atoms. The normalized spacial score (nSPS) is 18.7. The van der Waals surface area contributed by atoms with Crippen LogP contribution in [0.4, 0.5) is 0 Å². The maximum atomic E-state index is 11.6. The van der Waals surface area contributed by atoms with Crippen molar-refractivity contribution >= 4 is 5.97 Å². The van der Waals surface area contributed by atoms with Gasteiger partial charge in [-0.3, -0.25) is 4.79 Å². The van der Waals surface area contributed by atoms with Crippen molar-refractivity contribution in [2.45, 2.75) is 66.4 Å². The van der Waals surface area contributed by atoms with Gasteiger partial charge in [0.15, 0.2) is 0 Å². The van der Waals surface area contributed by atoms with Crippen LogP contribution in [0.25, 0.3) is 0 Å². The largest absolute Gasteiger partial charge is 0.463 e. The van der Waals surface area contributed by atoms with Crippen molar-refractivity contribution in [1.29, 1.82) is 0 Å². The molecular formula is C12H24O2. The number of ether oxygens (including phenoxy) is 1. The Balaban J connectivity index is 0.000000791. The minimum Gasteiger partial charge on any atom is -0.463 e. The highest BCUT2D eigenvalue weighted by Gasteiger charge is 2.37. The summed E-state index contributed by atoms with van der Waals surface area (Å²) in [7, 11) is 0. The van der Waals surface area contributed by atoms with Crippen LogP contribution in [0.5, 0.6) is 0 Å². The molecule has 1 rings (SSSR count). The van der Waals surface area contributed by atoms with Gasteiger partial charge in [-0.25, -0.2) is 0 Å². The first kappa shape index (κ1) is 13.5. The van der Waals surface area contributed by atoms with Crippen LogP contribution in [0.1, 0.15) is 60.3 Å². The van der Waals surface area contributed by atoms with E-state index in [-0.39, 0.29) is 17.5 Å². The second-order valence-corrected chi connectivity index (χ2v) is 4.22. The number of hydrogen-bond acceptors (Lipinski definition) is 2. The van der Waals surface area contributed by atoms with Crippen molar-refractivity contribution in [2.75, 3.05) is 0 Å². The number of carbonyl (C=O) groups excluding carboxylic acids is 1. The molecule has 1 aliphatic carbocycles. The third-order valence-corrected chi connectivity index (χ3v) is 2.54. The quantitative estimate of drug-likeness (QED) is 0.637. The standard InChI is InChI=1S/C10H18O2.C2H6/c1-8(2)12-9(11)10(3)6-4-5-7-10;1-2/h8H,4-7H2,1-3H3;1-2H3. The Morgan fingerprint density at radius 2 is 1.64 bits per heavy atom. The second-order valence-electron chi connectivity index (χ2n) is 4.22. The van der Waals surface area contributed by atoms with Gasteiger partial charge in [-0.2, -0.15) is 0 Å². The molecule has 0 atom stereocenters. The van der Waals surface area contributed by atoms with Gasteiger partial charge < -0.3 is 4.74 Å². The van der Waals surface area contributed by atoms with E-state index in [1.807, 2.05) is 34.6 Å². The molecule has 0 N–H and O–H groups in total. The fraction of sp³-hybridized carbons (Fsp3) is 0.917. The topological polar surface area (TPSA) is 26.3 Å². The van der Waals surface area contributed by atoms with Crippen LogP contribution in [-0.4, -0.2) is 12.1 Å². The molecule has 0 aliphatic heterocycles. The van der Waals surface area contributed by atoms with E-state index in [2.05, 4.69) is 0 Å². The van der Waals surface area contributed by atoms with E-state index in [4.69, 9.17) is 4.74 Å². The Kier molecular flexibility index (Phi) is 5.82. The summed E-state index contributed by atoms with van der Waals surface area (Å²) in [5, 5.41) is 0. The summed E-state index contributed by atoms with van der Waals surface area (Å²) in [5.41, 5.74) is -0.176. The highest BCUT2D eigenvalue weighted by molar-refractivity contribution is 5.76. The second kappa shape index (κ2) is 6.05. The van der Waals surface area contributed by atoms with E-state index in [9.17, 15) is 4.79 Å². The SMILES string of the molecule is CC.CC(C)OC(=O)C1(C)CCCC1. The van der Waals surface area contributed by atoms with Crippen molar-refractivity contribution in [3.63, 3.8) is 0 Å². The van der Waals surface area contributed by atoms with Gasteiger partial charge in [0.05, 0.1) is 11.5 Å². The molecular weight excluding hydrogens is 176 g/mol. The highest BCUT2D eigenvalue weighted by Crippen LogP contribution is 2.38. The van der Waals surface area contributed by atoms with Crippen LogP contribution < -0.4 is 0 Å². The van der Waals surface area contributed by atoms with Gasteiger partial charge in [0.1, 0.15) is 0 Å². The van der Waals surface area contributed by atoms with Crippen molar-refractivity contribution in [2.24, 2.45) is 5.41 Å². The predicted molar refractivity (Wildman–Crippen MR) is 59.2 cm³/mol. The Hall–Kier alpha value is -0.530. The average Bonchev–Trinajstić information content (AvgIpc) is 2.56. The van der Waals surface area contributed by atoms with Gasteiger partial charge >= 0.3 is 5.97 Å². The molecule has 0 aromatic rings. The Morgan fingerprint density at radius 3 is 2.00 bits per heavy atom. The fourth-order valence-electron chi connectivity index (χ4n) is 1.72. The third kappa shape index (κ3) is 3.69. The van der Waals surface area contributed by atoms with Gasteiger partial charge in [0.25, 0.3) is 0 Å². The van der Waals surface area contributed by atoms with Gasteiger partial charge in [0, 0.05) is 0 Å². The lowest BCUT2D eigenvalue weighted by Gasteiger charge is -2.22. The van der Waals surface area contributed by atoms with Crippen LogP contribution in [0.15, 0.2) is 0 Å². The van der Waals surface area contributed by atoms with Crippen LogP contribution in [0.2, 0.25) is 0 Å².